The minimum Gasteiger partial charge on any atom is -0.481 e. The van der Waals surface area contributed by atoms with Crippen molar-refractivity contribution >= 4 is 17.8 Å². The van der Waals surface area contributed by atoms with Crippen molar-refractivity contribution in [3.63, 3.8) is 0 Å². The van der Waals surface area contributed by atoms with E-state index in [9.17, 15) is 19.5 Å². The maximum Gasteiger partial charge on any atom is 0.308 e. The summed E-state index contributed by atoms with van der Waals surface area (Å²) in [7, 11) is 0. The molecule has 0 radical (unpaired) electrons. The molecule has 7 nitrogen and oxygen atoms in total. The fourth-order valence-electron chi connectivity index (χ4n) is 2.43. The molecule has 2 unspecified atom stereocenters. The highest BCUT2D eigenvalue weighted by Crippen LogP contribution is 2.10. The van der Waals surface area contributed by atoms with Gasteiger partial charge in [-0.25, -0.2) is 0 Å². The van der Waals surface area contributed by atoms with Gasteiger partial charge in [-0.3, -0.25) is 14.4 Å². The van der Waals surface area contributed by atoms with Crippen molar-refractivity contribution in [2.24, 2.45) is 17.8 Å². The van der Waals surface area contributed by atoms with Crippen molar-refractivity contribution in [2.45, 2.75) is 65.8 Å². The molecule has 0 aromatic carbocycles. The molecule has 146 valence electrons. The number of aliphatic hydroxyl groups excluding tert-OH is 1. The van der Waals surface area contributed by atoms with Crippen LogP contribution in [-0.2, 0) is 14.4 Å². The Balaban J connectivity index is 4.19. The Labute approximate surface area is 150 Å². The van der Waals surface area contributed by atoms with E-state index in [1.165, 1.54) is 0 Å². The molecule has 0 aromatic heterocycles. The van der Waals surface area contributed by atoms with Gasteiger partial charge in [0.2, 0.25) is 11.8 Å². The second kappa shape index (κ2) is 12.7. The Bertz CT molecular complexity index is 424. The molecule has 0 saturated heterocycles. The second-order valence-corrected chi connectivity index (χ2v) is 7.28. The maximum atomic E-state index is 11.9. The van der Waals surface area contributed by atoms with E-state index in [1.54, 1.807) is 13.8 Å². The van der Waals surface area contributed by atoms with Crippen LogP contribution in [-0.4, -0.2) is 47.2 Å². The van der Waals surface area contributed by atoms with E-state index in [1.807, 2.05) is 0 Å². The van der Waals surface area contributed by atoms with Crippen LogP contribution in [0.5, 0.6) is 0 Å². The number of hydrogen-bond donors (Lipinski definition) is 4. The summed E-state index contributed by atoms with van der Waals surface area (Å²) < 4.78 is 0. The zero-order chi connectivity index (χ0) is 19.4. The number of carboxylic acids is 1. The minimum absolute atomic E-state index is 0.0349. The summed E-state index contributed by atoms with van der Waals surface area (Å²) in [6.45, 7) is 7.52. The largest absolute Gasteiger partial charge is 0.481 e. The number of rotatable bonds is 13. The SMILES string of the molecule is CC(C)CCCCC(=O)NC(CO)CC(=O)NCC(C(=O)O)C(C)C. The zero-order valence-electron chi connectivity index (χ0n) is 15.9. The van der Waals surface area contributed by atoms with Crippen LogP contribution in [0.3, 0.4) is 0 Å². The maximum absolute atomic E-state index is 11.9. The van der Waals surface area contributed by atoms with Crippen LogP contribution in [0.1, 0.15) is 59.8 Å². The molecule has 0 aliphatic rings. The first-order valence-electron chi connectivity index (χ1n) is 9.07. The summed E-state index contributed by atoms with van der Waals surface area (Å²) in [6, 6.07) is -0.653. The average molecular weight is 358 g/mol. The van der Waals surface area contributed by atoms with Gasteiger partial charge in [0.05, 0.1) is 18.6 Å². The first kappa shape index (κ1) is 23.4. The number of carboxylic acid groups (broad SMARTS) is 1. The van der Waals surface area contributed by atoms with Gasteiger partial charge in [0.15, 0.2) is 0 Å². The van der Waals surface area contributed by atoms with Gasteiger partial charge < -0.3 is 20.8 Å². The van der Waals surface area contributed by atoms with Crippen LogP contribution in [0.4, 0.5) is 0 Å². The standard InChI is InChI=1S/C18H34N2O5/c1-12(2)7-5-6-8-16(22)20-14(11-21)9-17(23)19-10-15(13(3)4)18(24)25/h12-15,21H,5-11H2,1-4H3,(H,19,23)(H,20,22)(H,24,25). The fraction of sp³-hybridized carbons (Fsp3) is 0.833. The summed E-state index contributed by atoms with van der Waals surface area (Å²) in [5.74, 6) is -1.67. The van der Waals surface area contributed by atoms with Crippen molar-refractivity contribution in [3.05, 3.63) is 0 Å². The highest BCUT2D eigenvalue weighted by atomic mass is 16.4. The lowest BCUT2D eigenvalue weighted by molar-refractivity contribution is -0.143. The molecule has 0 fully saturated rings. The molecular formula is C18H34N2O5. The number of aliphatic carboxylic acids is 1. The number of carbonyl (C=O) groups excluding carboxylic acids is 2. The molecule has 7 heteroatoms. The normalized spacial score (nSPS) is 13.6. The second-order valence-electron chi connectivity index (χ2n) is 7.28. The predicted octanol–water partition coefficient (Wildman–Crippen LogP) is 1.54. The predicted molar refractivity (Wildman–Crippen MR) is 95.9 cm³/mol. The summed E-state index contributed by atoms with van der Waals surface area (Å²) >= 11 is 0. The Kier molecular flexibility index (Phi) is 11.9. The summed E-state index contributed by atoms with van der Waals surface area (Å²) in [5.41, 5.74) is 0. The van der Waals surface area contributed by atoms with E-state index in [0.29, 0.717) is 12.3 Å². The third-order valence-corrected chi connectivity index (χ3v) is 4.09. The highest BCUT2D eigenvalue weighted by Gasteiger charge is 2.23. The van der Waals surface area contributed by atoms with E-state index >= 15 is 0 Å². The Hall–Kier alpha value is -1.63. The molecule has 0 rings (SSSR count). The third kappa shape index (κ3) is 11.5. The summed E-state index contributed by atoms with van der Waals surface area (Å²) in [5, 5.41) is 23.6. The highest BCUT2D eigenvalue weighted by molar-refractivity contribution is 5.80. The van der Waals surface area contributed by atoms with Gasteiger partial charge in [0.25, 0.3) is 0 Å². The number of hydrogen-bond acceptors (Lipinski definition) is 4. The molecule has 0 aliphatic heterocycles. The molecule has 2 amide bonds. The zero-order valence-corrected chi connectivity index (χ0v) is 15.9. The van der Waals surface area contributed by atoms with Crippen molar-refractivity contribution in [2.75, 3.05) is 13.2 Å². The van der Waals surface area contributed by atoms with Crippen LogP contribution in [0, 0.1) is 17.8 Å². The average Bonchev–Trinajstić information content (AvgIpc) is 2.50. The molecule has 4 N–H and O–H groups in total. The quantitative estimate of drug-likeness (QED) is 0.373. The fourth-order valence-corrected chi connectivity index (χ4v) is 2.43. The van der Waals surface area contributed by atoms with Crippen LogP contribution >= 0.6 is 0 Å². The minimum atomic E-state index is -0.955. The first-order valence-corrected chi connectivity index (χ1v) is 9.07. The number of amides is 2. The smallest absolute Gasteiger partial charge is 0.308 e. The molecule has 0 aromatic rings. The van der Waals surface area contributed by atoms with Crippen molar-refractivity contribution in [1.82, 2.24) is 10.6 Å². The number of nitrogens with one attached hydrogen (secondary N) is 2. The molecule has 0 bridgehead atoms. The molecule has 0 aliphatic carbocycles. The van der Waals surface area contributed by atoms with E-state index in [0.717, 1.165) is 19.3 Å². The number of carbonyl (C=O) groups is 3. The van der Waals surface area contributed by atoms with E-state index in [4.69, 9.17) is 5.11 Å². The monoisotopic (exact) mass is 358 g/mol. The Morgan fingerprint density at radius 1 is 1.00 bits per heavy atom. The number of aliphatic hydroxyl groups is 1. The van der Waals surface area contributed by atoms with Gasteiger partial charge in [-0.2, -0.15) is 0 Å². The lowest BCUT2D eigenvalue weighted by Gasteiger charge is -2.19. The Morgan fingerprint density at radius 2 is 1.64 bits per heavy atom. The van der Waals surface area contributed by atoms with Gasteiger partial charge in [0, 0.05) is 19.4 Å². The molecule has 0 spiro atoms. The molecule has 0 heterocycles. The van der Waals surface area contributed by atoms with Crippen LogP contribution in [0.2, 0.25) is 0 Å². The van der Waals surface area contributed by atoms with Crippen molar-refractivity contribution in [1.29, 1.82) is 0 Å². The van der Waals surface area contributed by atoms with E-state index in [2.05, 4.69) is 24.5 Å². The lowest BCUT2D eigenvalue weighted by atomic mass is 9.96. The van der Waals surface area contributed by atoms with Crippen molar-refractivity contribution < 1.29 is 24.6 Å². The third-order valence-electron chi connectivity index (χ3n) is 4.09. The topological polar surface area (TPSA) is 116 Å². The first-order chi connectivity index (χ1) is 11.7. The van der Waals surface area contributed by atoms with Crippen LogP contribution in [0.15, 0.2) is 0 Å². The van der Waals surface area contributed by atoms with Gasteiger partial charge in [-0.15, -0.1) is 0 Å². The molecule has 25 heavy (non-hydrogen) atoms. The van der Waals surface area contributed by atoms with Crippen LogP contribution in [0.25, 0.3) is 0 Å². The van der Waals surface area contributed by atoms with Gasteiger partial charge in [-0.1, -0.05) is 40.5 Å². The molecule has 0 saturated carbocycles. The van der Waals surface area contributed by atoms with Gasteiger partial charge >= 0.3 is 5.97 Å². The van der Waals surface area contributed by atoms with Gasteiger partial charge in [0.1, 0.15) is 0 Å². The van der Waals surface area contributed by atoms with E-state index < -0.39 is 17.9 Å². The summed E-state index contributed by atoms with van der Waals surface area (Å²) in [6.07, 6.45) is 3.13. The van der Waals surface area contributed by atoms with Crippen LogP contribution < -0.4 is 10.6 Å². The number of unbranched alkanes of at least 4 members (excludes halogenated alkanes) is 1. The molecular weight excluding hydrogens is 324 g/mol. The molecule has 2 atom stereocenters. The van der Waals surface area contributed by atoms with Crippen molar-refractivity contribution in [3.8, 4) is 0 Å². The summed E-state index contributed by atoms with van der Waals surface area (Å²) in [4.78, 5) is 34.9. The Morgan fingerprint density at radius 3 is 2.12 bits per heavy atom. The van der Waals surface area contributed by atoms with E-state index in [-0.39, 0.29) is 37.3 Å². The lowest BCUT2D eigenvalue weighted by Crippen LogP contribution is -2.43. The van der Waals surface area contributed by atoms with Gasteiger partial charge in [-0.05, 0) is 18.3 Å².